The highest BCUT2D eigenvalue weighted by atomic mass is 79.9. The third-order valence-corrected chi connectivity index (χ3v) is 4.19. The van der Waals surface area contributed by atoms with Gasteiger partial charge in [0.15, 0.2) is 0 Å². The minimum Gasteiger partial charge on any atom is -0.508 e. The highest BCUT2D eigenvalue weighted by Gasteiger charge is 2.08. The Balaban J connectivity index is 1.56. The van der Waals surface area contributed by atoms with Crippen molar-refractivity contribution >= 4 is 34.0 Å². The zero-order valence-electron chi connectivity index (χ0n) is 14.5. The topological polar surface area (TPSA) is 88.0 Å². The summed E-state index contributed by atoms with van der Waals surface area (Å²) in [4.78, 5) is 24.0. The molecule has 0 unspecified atom stereocenters. The van der Waals surface area contributed by atoms with Crippen molar-refractivity contribution in [3.63, 3.8) is 0 Å². The molecule has 0 saturated carbocycles. The van der Waals surface area contributed by atoms with Crippen LogP contribution >= 0.6 is 15.9 Å². The fourth-order valence-corrected chi connectivity index (χ4v) is 2.52. The molecule has 1 amide bonds. The Labute approximate surface area is 169 Å². The zero-order chi connectivity index (χ0) is 19.9. The molecule has 7 heteroatoms. The summed E-state index contributed by atoms with van der Waals surface area (Å²) in [6.07, 6.45) is 1.46. The van der Waals surface area contributed by atoms with Gasteiger partial charge in [0.05, 0.1) is 11.8 Å². The lowest BCUT2D eigenvalue weighted by Gasteiger charge is -2.05. The number of esters is 1. The van der Waals surface area contributed by atoms with Crippen molar-refractivity contribution < 1.29 is 19.4 Å². The normalized spacial score (nSPS) is 10.6. The molecule has 0 aliphatic carbocycles. The Morgan fingerprint density at radius 2 is 1.68 bits per heavy atom. The summed E-state index contributed by atoms with van der Waals surface area (Å²) in [6, 6.07) is 19.5. The minimum atomic E-state index is -0.452. The van der Waals surface area contributed by atoms with Crippen LogP contribution in [0.5, 0.6) is 11.5 Å². The van der Waals surface area contributed by atoms with Crippen LogP contribution in [0.15, 0.2) is 82.4 Å². The number of carbonyl (C=O) groups is 2. The fourth-order valence-electron chi connectivity index (χ4n) is 2.25. The van der Waals surface area contributed by atoms with Gasteiger partial charge >= 0.3 is 5.97 Å². The third kappa shape index (κ3) is 5.28. The molecule has 3 aromatic rings. The average Bonchev–Trinajstić information content (AvgIpc) is 2.69. The van der Waals surface area contributed by atoms with Crippen molar-refractivity contribution in [2.24, 2.45) is 5.10 Å². The van der Waals surface area contributed by atoms with Gasteiger partial charge in [0.25, 0.3) is 5.91 Å². The number of rotatable bonds is 5. The first-order valence-electron chi connectivity index (χ1n) is 8.21. The molecule has 0 spiro atoms. The van der Waals surface area contributed by atoms with Crippen LogP contribution in [0.25, 0.3) is 0 Å². The molecule has 2 N–H and O–H groups in total. The number of carbonyl (C=O) groups excluding carboxylic acids is 2. The van der Waals surface area contributed by atoms with Gasteiger partial charge in [-0.1, -0.05) is 22.0 Å². The van der Waals surface area contributed by atoms with Crippen molar-refractivity contribution in [2.45, 2.75) is 0 Å². The number of hydrogen-bond donors (Lipinski definition) is 2. The summed E-state index contributed by atoms with van der Waals surface area (Å²) in [5.74, 6) is -0.488. The number of phenols is 1. The van der Waals surface area contributed by atoms with Crippen LogP contribution in [-0.4, -0.2) is 23.2 Å². The number of halogens is 1. The van der Waals surface area contributed by atoms with E-state index in [0.29, 0.717) is 22.4 Å². The third-order valence-electron chi connectivity index (χ3n) is 3.66. The molecule has 0 heterocycles. The molecular formula is C21H15BrN2O4. The Hall–Kier alpha value is -3.45. The fraction of sp³-hybridized carbons (Fsp3) is 0. The van der Waals surface area contributed by atoms with E-state index in [2.05, 4.69) is 26.5 Å². The van der Waals surface area contributed by atoms with Crippen LogP contribution in [0.1, 0.15) is 26.3 Å². The number of nitrogens with zero attached hydrogens (tertiary/aromatic N) is 1. The number of phenolic OH excluding ortho intramolecular Hbond substituents is 1. The molecule has 6 nitrogen and oxygen atoms in total. The SMILES string of the molecule is O=C(N/N=C\c1ccc(OC(=O)c2ccc(Br)cc2)cc1)c1cccc(O)c1. The predicted octanol–water partition coefficient (Wildman–Crippen LogP) is 4.14. The molecule has 0 fully saturated rings. The van der Waals surface area contributed by atoms with Crippen LogP contribution < -0.4 is 10.2 Å². The lowest BCUT2D eigenvalue weighted by molar-refractivity contribution is 0.0734. The Bertz CT molecular complexity index is 1020. The van der Waals surface area contributed by atoms with E-state index in [1.165, 1.54) is 18.3 Å². The molecule has 3 rings (SSSR count). The van der Waals surface area contributed by atoms with E-state index >= 15 is 0 Å². The molecule has 0 saturated heterocycles. The van der Waals surface area contributed by atoms with Crippen LogP contribution in [0.3, 0.4) is 0 Å². The van der Waals surface area contributed by atoms with Crippen LogP contribution in [-0.2, 0) is 0 Å². The minimum absolute atomic E-state index is 0.00454. The Morgan fingerprint density at radius 1 is 0.964 bits per heavy atom. The maximum Gasteiger partial charge on any atom is 0.343 e. The predicted molar refractivity (Wildman–Crippen MR) is 109 cm³/mol. The van der Waals surface area contributed by atoms with E-state index in [-0.39, 0.29) is 5.75 Å². The van der Waals surface area contributed by atoms with Gasteiger partial charge in [0.1, 0.15) is 11.5 Å². The standard InChI is InChI=1S/C21H15BrN2O4/c22-17-8-6-15(7-9-17)21(27)28-19-10-4-14(5-11-19)13-23-24-20(26)16-2-1-3-18(25)12-16/h1-13,25H,(H,24,26)/b23-13-. The highest BCUT2D eigenvalue weighted by molar-refractivity contribution is 9.10. The van der Waals surface area contributed by atoms with Crippen molar-refractivity contribution in [3.8, 4) is 11.5 Å². The summed E-state index contributed by atoms with van der Waals surface area (Å²) in [5.41, 5.74) is 3.83. The van der Waals surface area contributed by atoms with E-state index in [4.69, 9.17) is 4.74 Å². The number of hydrogen-bond acceptors (Lipinski definition) is 5. The second-order valence-electron chi connectivity index (χ2n) is 5.71. The van der Waals surface area contributed by atoms with E-state index in [0.717, 1.165) is 4.47 Å². The van der Waals surface area contributed by atoms with E-state index < -0.39 is 11.9 Å². The first-order valence-corrected chi connectivity index (χ1v) is 9.01. The van der Waals surface area contributed by atoms with Crippen molar-refractivity contribution in [2.75, 3.05) is 0 Å². The molecular weight excluding hydrogens is 424 g/mol. The molecule has 3 aromatic carbocycles. The molecule has 0 aliphatic heterocycles. The van der Waals surface area contributed by atoms with Gasteiger partial charge in [-0.2, -0.15) is 5.10 Å². The summed E-state index contributed by atoms with van der Waals surface area (Å²) in [7, 11) is 0. The largest absolute Gasteiger partial charge is 0.508 e. The number of benzene rings is 3. The van der Waals surface area contributed by atoms with Crippen LogP contribution in [0, 0.1) is 0 Å². The average molecular weight is 439 g/mol. The smallest absolute Gasteiger partial charge is 0.343 e. The first kappa shape index (κ1) is 19.3. The van der Waals surface area contributed by atoms with Crippen molar-refractivity contribution in [3.05, 3.63) is 94.0 Å². The van der Waals surface area contributed by atoms with Crippen molar-refractivity contribution in [1.29, 1.82) is 0 Å². The summed E-state index contributed by atoms with van der Waals surface area (Å²) >= 11 is 3.31. The monoisotopic (exact) mass is 438 g/mol. The molecule has 0 aromatic heterocycles. The Morgan fingerprint density at radius 3 is 2.36 bits per heavy atom. The maximum absolute atomic E-state index is 12.1. The van der Waals surface area contributed by atoms with Gasteiger partial charge in [0.2, 0.25) is 0 Å². The number of nitrogens with one attached hydrogen (secondary N) is 1. The van der Waals surface area contributed by atoms with Gasteiger partial charge in [-0.15, -0.1) is 0 Å². The molecule has 0 atom stereocenters. The van der Waals surface area contributed by atoms with Gasteiger partial charge < -0.3 is 9.84 Å². The van der Waals surface area contributed by atoms with Crippen LogP contribution in [0.4, 0.5) is 0 Å². The number of ether oxygens (including phenoxy) is 1. The van der Waals surface area contributed by atoms with Gasteiger partial charge in [-0.05, 0) is 72.3 Å². The molecule has 0 radical (unpaired) electrons. The highest BCUT2D eigenvalue weighted by Crippen LogP contribution is 2.16. The zero-order valence-corrected chi connectivity index (χ0v) is 16.1. The molecule has 28 heavy (non-hydrogen) atoms. The van der Waals surface area contributed by atoms with Crippen molar-refractivity contribution in [1.82, 2.24) is 5.43 Å². The second-order valence-corrected chi connectivity index (χ2v) is 6.63. The van der Waals surface area contributed by atoms with Gasteiger partial charge in [0, 0.05) is 10.0 Å². The lowest BCUT2D eigenvalue weighted by atomic mass is 10.2. The quantitative estimate of drug-likeness (QED) is 0.271. The first-order chi connectivity index (χ1) is 13.5. The summed E-state index contributed by atoms with van der Waals surface area (Å²) in [5, 5.41) is 13.3. The lowest BCUT2D eigenvalue weighted by Crippen LogP contribution is -2.17. The number of amides is 1. The summed E-state index contributed by atoms with van der Waals surface area (Å²) in [6.45, 7) is 0. The van der Waals surface area contributed by atoms with Gasteiger partial charge in [-0.25, -0.2) is 10.2 Å². The molecule has 140 valence electrons. The van der Waals surface area contributed by atoms with E-state index in [1.54, 1.807) is 60.7 Å². The molecule has 0 bridgehead atoms. The van der Waals surface area contributed by atoms with E-state index in [1.807, 2.05) is 0 Å². The number of hydrazone groups is 1. The molecule has 0 aliphatic rings. The maximum atomic E-state index is 12.1. The van der Waals surface area contributed by atoms with Crippen LogP contribution in [0.2, 0.25) is 0 Å². The second kappa shape index (κ2) is 8.96. The van der Waals surface area contributed by atoms with E-state index in [9.17, 15) is 14.7 Å². The number of aromatic hydroxyl groups is 1. The van der Waals surface area contributed by atoms with Gasteiger partial charge in [-0.3, -0.25) is 4.79 Å². The summed E-state index contributed by atoms with van der Waals surface area (Å²) < 4.78 is 6.19. The Kier molecular flexibility index (Phi) is 6.18.